The Kier molecular flexibility index (Phi) is 5.93. The van der Waals surface area contributed by atoms with Crippen molar-refractivity contribution >= 4 is 22.8 Å². The number of aromatic amines is 1. The highest BCUT2D eigenvalue weighted by Gasteiger charge is 2.17. The topological polar surface area (TPSA) is 95.8 Å². The number of hydrogen-bond donors (Lipinski definition) is 3. The van der Waals surface area contributed by atoms with Crippen LogP contribution < -0.4 is 10.6 Å². The number of carbonyl (C=O) groups is 1. The number of oxazole rings is 1. The van der Waals surface area contributed by atoms with Gasteiger partial charge in [0.15, 0.2) is 5.58 Å². The fraction of sp³-hybridized carbons (Fsp3) is 0.0333. The van der Waals surface area contributed by atoms with Crippen molar-refractivity contribution in [2.75, 3.05) is 5.32 Å². The van der Waals surface area contributed by atoms with Gasteiger partial charge in [0, 0.05) is 17.8 Å². The van der Waals surface area contributed by atoms with Crippen LogP contribution in [-0.2, 0) is 6.54 Å². The number of anilines is 1. The van der Waals surface area contributed by atoms with E-state index in [1.54, 1.807) is 6.20 Å². The average Bonchev–Trinajstić information content (AvgIpc) is 3.60. The smallest absolute Gasteiger partial charge is 0.319 e. The number of nitrogens with zero attached hydrogens (tertiary/aromatic N) is 2. The third-order valence-corrected chi connectivity index (χ3v) is 6.07. The Morgan fingerprint density at radius 2 is 1.59 bits per heavy atom. The van der Waals surface area contributed by atoms with Crippen LogP contribution in [0, 0.1) is 0 Å². The highest BCUT2D eigenvalue weighted by Crippen LogP contribution is 2.34. The van der Waals surface area contributed by atoms with Crippen molar-refractivity contribution in [1.29, 1.82) is 0 Å². The van der Waals surface area contributed by atoms with Gasteiger partial charge < -0.3 is 15.1 Å². The molecule has 4 aromatic carbocycles. The van der Waals surface area contributed by atoms with Gasteiger partial charge in [-0.3, -0.25) is 5.10 Å². The van der Waals surface area contributed by atoms with Crippen molar-refractivity contribution < 1.29 is 9.21 Å². The lowest BCUT2D eigenvalue weighted by Gasteiger charge is -2.09. The SMILES string of the molecule is O=C(NCc1ccccc1)Nc1cccc(-c2[nH]ncc2-c2nc3cc(-c4ccccc4)ccc3o2)c1. The van der Waals surface area contributed by atoms with E-state index in [2.05, 4.69) is 33.0 Å². The van der Waals surface area contributed by atoms with Gasteiger partial charge in [0.2, 0.25) is 5.89 Å². The summed E-state index contributed by atoms with van der Waals surface area (Å²) in [4.78, 5) is 17.2. The van der Waals surface area contributed by atoms with Gasteiger partial charge >= 0.3 is 6.03 Å². The quantitative estimate of drug-likeness (QED) is 0.240. The van der Waals surface area contributed by atoms with Gasteiger partial charge in [0.05, 0.1) is 17.5 Å². The van der Waals surface area contributed by atoms with Gasteiger partial charge in [-0.15, -0.1) is 0 Å². The molecule has 0 aliphatic heterocycles. The molecular weight excluding hydrogens is 462 g/mol. The van der Waals surface area contributed by atoms with Crippen molar-refractivity contribution in [2.45, 2.75) is 6.54 Å². The normalized spacial score (nSPS) is 10.9. The minimum Gasteiger partial charge on any atom is -0.436 e. The standard InChI is InChI=1S/C30H23N5O2/c36-30(31-18-20-8-3-1-4-9-20)33-24-13-7-12-23(16-24)28-25(19-32-35-28)29-34-26-17-22(14-15-27(26)37-29)21-10-5-2-6-11-21/h1-17,19H,18H2,(H,32,35)(H2,31,33,36). The molecule has 3 N–H and O–H groups in total. The van der Waals surface area contributed by atoms with Crippen LogP contribution in [0.3, 0.4) is 0 Å². The lowest BCUT2D eigenvalue weighted by Crippen LogP contribution is -2.28. The molecule has 0 aliphatic rings. The van der Waals surface area contributed by atoms with Crippen LogP contribution in [0.5, 0.6) is 0 Å². The van der Waals surface area contributed by atoms with E-state index in [4.69, 9.17) is 9.40 Å². The number of H-pyrrole nitrogens is 1. The van der Waals surface area contributed by atoms with Crippen LogP contribution in [0.25, 0.3) is 44.9 Å². The first-order valence-electron chi connectivity index (χ1n) is 11.9. The number of aromatic nitrogens is 3. The molecule has 2 aromatic heterocycles. The number of urea groups is 1. The molecule has 0 fully saturated rings. The third kappa shape index (κ3) is 4.83. The molecule has 2 heterocycles. The molecule has 0 saturated carbocycles. The molecule has 0 aliphatic carbocycles. The Morgan fingerprint density at radius 3 is 2.43 bits per heavy atom. The van der Waals surface area contributed by atoms with Gasteiger partial charge in [-0.2, -0.15) is 5.10 Å². The zero-order valence-corrected chi connectivity index (χ0v) is 19.8. The minimum absolute atomic E-state index is 0.279. The largest absolute Gasteiger partial charge is 0.436 e. The Bertz CT molecular complexity index is 1670. The van der Waals surface area contributed by atoms with Crippen LogP contribution in [-0.4, -0.2) is 21.2 Å². The summed E-state index contributed by atoms with van der Waals surface area (Å²) >= 11 is 0. The molecule has 7 nitrogen and oxygen atoms in total. The first-order chi connectivity index (χ1) is 18.2. The van der Waals surface area contributed by atoms with Crippen LogP contribution in [0.15, 0.2) is 114 Å². The third-order valence-electron chi connectivity index (χ3n) is 6.07. The van der Waals surface area contributed by atoms with Gasteiger partial charge in [0.25, 0.3) is 0 Å². The summed E-state index contributed by atoms with van der Waals surface area (Å²) < 4.78 is 6.08. The number of nitrogens with one attached hydrogen (secondary N) is 3. The molecule has 0 radical (unpaired) electrons. The number of amides is 2. The van der Waals surface area contributed by atoms with E-state index >= 15 is 0 Å². The lowest BCUT2D eigenvalue weighted by atomic mass is 10.1. The van der Waals surface area contributed by atoms with Gasteiger partial charge in [-0.25, -0.2) is 9.78 Å². The van der Waals surface area contributed by atoms with Crippen molar-refractivity contribution in [3.05, 3.63) is 115 Å². The molecular formula is C30H23N5O2. The lowest BCUT2D eigenvalue weighted by molar-refractivity contribution is 0.251. The molecule has 37 heavy (non-hydrogen) atoms. The first kappa shape index (κ1) is 22.3. The second kappa shape index (κ2) is 9.83. The summed E-state index contributed by atoms with van der Waals surface area (Å²) in [5.74, 6) is 0.475. The molecule has 2 amide bonds. The number of benzene rings is 4. The van der Waals surface area contributed by atoms with Crippen molar-refractivity contribution in [2.24, 2.45) is 0 Å². The first-order valence-corrected chi connectivity index (χ1v) is 11.9. The van der Waals surface area contributed by atoms with Gasteiger partial charge in [0.1, 0.15) is 5.52 Å². The summed E-state index contributed by atoms with van der Waals surface area (Å²) in [5, 5.41) is 13.1. The maximum Gasteiger partial charge on any atom is 0.319 e. The van der Waals surface area contributed by atoms with Crippen LogP contribution in [0.1, 0.15) is 5.56 Å². The van der Waals surface area contributed by atoms with Gasteiger partial charge in [-0.1, -0.05) is 78.9 Å². The molecule has 7 heteroatoms. The monoisotopic (exact) mass is 485 g/mol. The minimum atomic E-state index is -0.279. The molecule has 0 spiro atoms. The molecule has 0 saturated heterocycles. The van der Waals surface area contributed by atoms with E-state index in [-0.39, 0.29) is 6.03 Å². The van der Waals surface area contributed by atoms with E-state index < -0.39 is 0 Å². The molecule has 180 valence electrons. The maximum atomic E-state index is 12.4. The highest BCUT2D eigenvalue weighted by atomic mass is 16.3. The van der Waals surface area contributed by atoms with Crippen molar-refractivity contribution in [1.82, 2.24) is 20.5 Å². The molecule has 0 unspecified atom stereocenters. The Balaban J connectivity index is 1.23. The van der Waals surface area contributed by atoms with E-state index in [1.165, 1.54) is 0 Å². The zero-order chi connectivity index (χ0) is 25.0. The predicted octanol–water partition coefficient (Wildman–Crippen LogP) is 6.87. The van der Waals surface area contributed by atoms with E-state index in [0.29, 0.717) is 23.7 Å². The van der Waals surface area contributed by atoms with Crippen LogP contribution in [0.4, 0.5) is 10.5 Å². The summed E-state index contributed by atoms with van der Waals surface area (Å²) in [7, 11) is 0. The Labute approximate surface area is 213 Å². The molecule has 0 bridgehead atoms. The maximum absolute atomic E-state index is 12.4. The number of hydrogen-bond acceptors (Lipinski definition) is 4. The predicted molar refractivity (Wildman–Crippen MR) is 145 cm³/mol. The summed E-state index contributed by atoms with van der Waals surface area (Å²) in [6.07, 6.45) is 1.70. The van der Waals surface area contributed by atoms with Crippen molar-refractivity contribution in [3.8, 4) is 33.8 Å². The second-order valence-electron chi connectivity index (χ2n) is 8.60. The number of fused-ring (bicyclic) bond motifs is 1. The summed E-state index contributed by atoms with van der Waals surface area (Å²) in [6.45, 7) is 0.445. The average molecular weight is 486 g/mol. The Hall–Kier alpha value is -5.17. The second-order valence-corrected chi connectivity index (χ2v) is 8.60. The van der Waals surface area contributed by atoms with Gasteiger partial charge in [-0.05, 0) is 41.0 Å². The summed E-state index contributed by atoms with van der Waals surface area (Å²) in [5.41, 5.74) is 7.70. The molecule has 6 aromatic rings. The van der Waals surface area contributed by atoms with Crippen molar-refractivity contribution in [3.63, 3.8) is 0 Å². The fourth-order valence-corrected chi connectivity index (χ4v) is 4.23. The van der Waals surface area contributed by atoms with Crippen LogP contribution >= 0.6 is 0 Å². The highest BCUT2D eigenvalue weighted by molar-refractivity contribution is 5.91. The number of carbonyl (C=O) groups excluding carboxylic acids is 1. The zero-order valence-electron chi connectivity index (χ0n) is 19.8. The van der Waals surface area contributed by atoms with E-state index in [9.17, 15) is 4.79 Å². The molecule has 0 atom stereocenters. The fourth-order valence-electron chi connectivity index (χ4n) is 4.23. The Morgan fingerprint density at radius 1 is 0.811 bits per heavy atom. The van der Waals surface area contributed by atoms with Crippen LogP contribution in [0.2, 0.25) is 0 Å². The van der Waals surface area contributed by atoms with E-state index in [0.717, 1.165) is 39.0 Å². The molecule has 6 rings (SSSR count). The van der Waals surface area contributed by atoms with E-state index in [1.807, 2.05) is 91.0 Å². The summed E-state index contributed by atoms with van der Waals surface area (Å²) in [6, 6.07) is 33.2. The number of rotatable bonds is 6.